The van der Waals surface area contributed by atoms with Crippen molar-refractivity contribution in [2.24, 2.45) is 5.73 Å². The number of nitrogens with one attached hydrogen (secondary N) is 1. The van der Waals surface area contributed by atoms with E-state index in [2.05, 4.69) is 4.98 Å². The molecule has 1 aromatic carbocycles. The number of aromatic nitrogens is 1. The summed E-state index contributed by atoms with van der Waals surface area (Å²) in [4.78, 5) is 14.0. The van der Waals surface area contributed by atoms with Crippen molar-refractivity contribution in [1.82, 2.24) is 4.98 Å². The number of hydrogen-bond donors (Lipinski definition) is 2. The van der Waals surface area contributed by atoms with Crippen LogP contribution in [0.2, 0.25) is 0 Å². The first-order valence-corrected chi connectivity index (χ1v) is 4.61. The molecule has 1 aromatic heterocycles. The van der Waals surface area contributed by atoms with Gasteiger partial charge in [0.25, 0.3) is 0 Å². The first-order chi connectivity index (χ1) is 8.74. The normalized spacial score (nSPS) is 18.8. The molecule has 2 rings (SSSR count). The fourth-order valence-corrected chi connectivity index (χ4v) is 1.40. The SMILES string of the molecule is [2H]c1c2[nH][12c]([2H])c(CC([2H])(N)C(C)=O)c2cc[13c]1[2H]. The van der Waals surface area contributed by atoms with Crippen molar-refractivity contribution in [3.05, 3.63) is 36.0 Å². The Morgan fingerprint density at radius 3 is 3.33 bits per heavy atom. The van der Waals surface area contributed by atoms with E-state index in [4.69, 9.17) is 11.2 Å². The first-order valence-electron chi connectivity index (χ1n) is 6.61. The van der Waals surface area contributed by atoms with Crippen molar-refractivity contribution in [3.8, 4) is 0 Å². The molecule has 1 atom stereocenters. The standard InChI is InChI=1S/C12H14N2O/c1-8(15)11(13)6-9-7-14-12-5-3-2-4-10(9)12/h2-5,7,11,14H,6,13H2,1H3/i3+1D,5D,7+0D,11D. The van der Waals surface area contributed by atoms with Gasteiger partial charge in [0.05, 0.1) is 11.5 Å². The summed E-state index contributed by atoms with van der Waals surface area (Å²) in [6.07, 6.45) is -0.0739. The molecule has 0 aliphatic heterocycles. The second-order valence-electron chi connectivity index (χ2n) is 3.38. The average Bonchev–Trinajstić information content (AvgIpc) is 2.61. The molecule has 0 fully saturated rings. The number of carbonyl (C=O) groups excluding carboxylic acids is 1. The van der Waals surface area contributed by atoms with E-state index >= 15 is 0 Å². The number of benzene rings is 1. The summed E-state index contributed by atoms with van der Waals surface area (Å²) in [5.41, 5.74) is 6.41. The van der Waals surface area contributed by atoms with Gasteiger partial charge in [-0.25, -0.2) is 0 Å². The summed E-state index contributed by atoms with van der Waals surface area (Å²) in [5, 5.41) is 0.564. The molecule has 3 nitrogen and oxygen atoms in total. The lowest BCUT2D eigenvalue weighted by Gasteiger charge is -2.05. The van der Waals surface area contributed by atoms with Gasteiger partial charge in [-0.2, -0.15) is 0 Å². The fourth-order valence-electron chi connectivity index (χ4n) is 1.40. The molecule has 3 N–H and O–H groups in total. The highest BCUT2D eigenvalue weighted by Crippen LogP contribution is 2.18. The summed E-state index contributed by atoms with van der Waals surface area (Å²) >= 11 is 0. The Labute approximate surface area is 93.9 Å². The molecule has 0 aliphatic carbocycles. The van der Waals surface area contributed by atoms with Gasteiger partial charge in [-0.3, -0.25) is 4.79 Å². The molecule has 0 aliphatic rings. The minimum atomic E-state index is -1.78. The van der Waals surface area contributed by atoms with Gasteiger partial charge in [0, 0.05) is 17.1 Å². The lowest BCUT2D eigenvalue weighted by molar-refractivity contribution is -0.118. The molecular weight excluding hydrogens is 189 g/mol. The zero-order valence-electron chi connectivity index (χ0n) is 12.3. The van der Waals surface area contributed by atoms with Gasteiger partial charge in [0.2, 0.25) is 0 Å². The van der Waals surface area contributed by atoms with Gasteiger partial charge >= 0.3 is 0 Å². The Balaban J connectivity index is 2.59. The summed E-state index contributed by atoms with van der Waals surface area (Å²) in [6, 6.07) is 1.32. The van der Waals surface area contributed by atoms with E-state index in [1.54, 1.807) is 6.07 Å². The van der Waals surface area contributed by atoms with E-state index in [0.717, 1.165) is 0 Å². The van der Waals surface area contributed by atoms with E-state index < -0.39 is 11.8 Å². The molecular formula is C12H14N2O. The maximum absolute atomic E-state index is 11.3. The predicted octanol–water partition coefficient (Wildman–Crippen LogP) is 1.63. The molecule has 0 saturated carbocycles. The zero-order valence-corrected chi connectivity index (χ0v) is 8.35. The molecule has 1 heterocycles. The maximum atomic E-state index is 11.3. The van der Waals surface area contributed by atoms with Gasteiger partial charge in [-0.1, -0.05) is 18.2 Å². The molecule has 0 radical (unpaired) electrons. The lowest BCUT2D eigenvalue weighted by Crippen LogP contribution is -2.30. The van der Waals surface area contributed by atoms with Crippen LogP contribution in [-0.2, 0) is 11.2 Å². The van der Waals surface area contributed by atoms with Crippen LogP contribution in [0.5, 0.6) is 0 Å². The number of carbonyl (C=O) groups is 1. The molecule has 15 heavy (non-hydrogen) atoms. The Morgan fingerprint density at radius 2 is 2.60 bits per heavy atom. The third kappa shape index (κ3) is 1.92. The zero-order chi connectivity index (χ0) is 14.4. The van der Waals surface area contributed by atoms with Crippen LogP contribution in [0.4, 0.5) is 0 Å². The second-order valence-corrected chi connectivity index (χ2v) is 3.38. The predicted molar refractivity (Wildman–Crippen MR) is 60.7 cm³/mol. The number of Topliss-reactive ketones (excluding diaryl/α,β-unsaturated/α-hetero) is 1. The molecule has 78 valence electrons. The quantitative estimate of drug-likeness (QED) is 0.803. The smallest absolute Gasteiger partial charge is 0.146 e. The van der Waals surface area contributed by atoms with E-state index in [1.807, 2.05) is 0 Å². The van der Waals surface area contributed by atoms with Crippen molar-refractivity contribution in [2.75, 3.05) is 0 Å². The lowest BCUT2D eigenvalue weighted by atomic mass is 10.0. The van der Waals surface area contributed by atoms with E-state index in [9.17, 15) is 4.79 Å². The van der Waals surface area contributed by atoms with Crippen molar-refractivity contribution in [2.45, 2.75) is 19.4 Å². The number of rotatable bonds is 3. The molecule has 1 unspecified atom stereocenters. The van der Waals surface area contributed by atoms with Gasteiger partial charge in [0.15, 0.2) is 0 Å². The molecule has 0 saturated heterocycles. The van der Waals surface area contributed by atoms with E-state index in [0.29, 0.717) is 16.5 Å². The summed E-state index contributed by atoms with van der Waals surface area (Å²) < 4.78 is 30.9. The highest BCUT2D eigenvalue weighted by molar-refractivity contribution is 5.85. The topological polar surface area (TPSA) is 58.9 Å². The van der Waals surface area contributed by atoms with Crippen molar-refractivity contribution in [1.29, 1.82) is 0 Å². The van der Waals surface area contributed by atoms with Crippen LogP contribution in [0.1, 0.15) is 18.0 Å². The van der Waals surface area contributed by atoms with Crippen LogP contribution in [0.3, 0.4) is 0 Å². The van der Waals surface area contributed by atoms with Crippen LogP contribution in [0.25, 0.3) is 10.9 Å². The van der Waals surface area contributed by atoms with Gasteiger partial charge in [-0.15, -0.1) is 0 Å². The molecule has 0 spiro atoms. The highest BCUT2D eigenvalue weighted by atomic mass is 16.1. The highest BCUT2D eigenvalue weighted by Gasteiger charge is 2.11. The van der Waals surface area contributed by atoms with Crippen LogP contribution in [0.15, 0.2) is 30.4 Å². The first kappa shape index (κ1) is 6.08. The Kier molecular flexibility index (Phi) is 1.57. The summed E-state index contributed by atoms with van der Waals surface area (Å²) in [6.45, 7) is 1.24. The van der Waals surface area contributed by atoms with Gasteiger partial charge in [-0.05, 0) is 25.0 Å². The third-order valence-corrected chi connectivity index (χ3v) is 2.28. The number of ketones is 1. The largest absolute Gasteiger partial charge is 0.361 e. The van der Waals surface area contributed by atoms with Crippen molar-refractivity contribution >= 4 is 16.7 Å². The monoisotopic (exact) mass is 207 g/mol. The van der Waals surface area contributed by atoms with Crippen molar-refractivity contribution < 1.29 is 10.3 Å². The minimum absolute atomic E-state index is 0.00678. The number of hydrogen-bond acceptors (Lipinski definition) is 2. The van der Waals surface area contributed by atoms with Crippen LogP contribution in [0, 0.1) is 0 Å². The van der Waals surface area contributed by atoms with Crippen molar-refractivity contribution in [3.63, 3.8) is 0 Å². The number of fused-ring (bicyclic) bond motifs is 1. The Morgan fingerprint density at radius 1 is 1.80 bits per heavy atom. The van der Waals surface area contributed by atoms with Crippen LogP contribution in [-0.4, -0.2) is 16.8 Å². The second kappa shape index (κ2) is 3.87. The van der Waals surface area contributed by atoms with Crippen LogP contribution >= 0.6 is 0 Å². The number of para-hydroxylation sites is 1. The summed E-state index contributed by atoms with van der Waals surface area (Å²) in [7, 11) is 0. The molecule has 3 heteroatoms. The maximum Gasteiger partial charge on any atom is 0.146 e. The molecule has 2 aromatic rings. The molecule has 0 bridgehead atoms. The van der Waals surface area contributed by atoms with Crippen LogP contribution < -0.4 is 5.73 Å². The number of nitrogens with two attached hydrogens (primary N) is 1. The Bertz CT molecular complexity index is 663. The number of aromatic amines is 1. The molecule has 0 amide bonds. The minimum Gasteiger partial charge on any atom is -0.361 e. The average molecular weight is 207 g/mol. The third-order valence-electron chi connectivity index (χ3n) is 2.28. The summed E-state index contributed by atoms with van der Waals surface area (Å²) in [5.74, 6) is -0.482. The Hall–Kier alpha value is -1.61. The van der Waals surface area contributed by atoms with E-state index in [-0.39, 0.29) is 24.7 Å². The van der Waals surface area contributed by atoms with Gasteiger partial charge < -0.3 is 10.7 Å². The van der Waals surface area contributed by atoms with Gasteiger partial charge in [0.1, 0.15) is 5.78 Å². The van der Waals surface area contributed by atoms with E-state index in [1.165, 1.54) is 13.0 Å². The number of H-pyrrole nitrogens is 1. The fraction of sp³-hybridized carbons (Fsp3) is 0.250.